The van der Waals surface area contributed by atoms with Gasteiger partial charge in [0.1, 0.15) is 5.75 Å². The zero-order valence-corrected chi connectivity index (χ0v) is 9.84. The molecule has 0 amide bonds. The summed E-state index contributed by atoms with van der Waals surface area (Å²) in [5.74, 6) is 0.164. The summed E-state index contributed by atoms with van der Waals surface area (Å²) >= 11 is 0. The maximum absolute atomic E-state index is 11.9. The van der Waals surface area contributed by atoms with E-state index in [1.54, 1.807) is 12.1 Å². The lowest BCUT2D eigenvalue weighted by molar-refractivity contribution is -0.0498. The van der Waals surface area contributed by atoms with Gasteiger partial charge in [0.05, 0.1) is 0 Å². The third-order valence-corrected chi connectivity index (χ3v) is 2.13. The molecule has 92 valence electrons. The van der Waals surface area contributed by atoms with Gasteiger partial charge in [0.25, 0.3) is 0 Å². The molecule has 2 N–H and O–H groups in total. The molecule has 5 heteroatoms. The van der Waals surface area contributed by atoms with Crippen molar-refractivity contribution in [1.82, 2.24) is 0 Å². The fourth-order valence-corrected chi connectivity index (χ4v) is 1.37. The average molecular weight is 252 g/mol. The third kappa shape index (κ3) is 4.77. The molecule has 0 saturated heterocycles. The van der Waals surface area contributed by atoms with Crippen LogP contribution >= 0.6 is 12.4 Å². The Bertz CT molecular complexity index is 293. The number of nitrogens with two attached hydrogens (primary N) is 1. The highest BCUT2D eigenvalue weighted by atomic mass is 35.5. The predicted octanol–water partition coefficient (Wildman–Crippen LogP) is 3.51. The predicted molar refractivity (Wildman–Crippen MR) is 62.2 cm³/mol. The Balaban J connectivity index is 0.00000225. The largest absolute Gasteiger partial charge is 0.435 e. The van der Waals surface area contributed by atoms with Crippen LogP contribution in [0.3, 0.4) is 0 Å². The molecule has 0 aliphatic carbocycles. The molecule has 1 aromatic carbocycles. The minimum Gasteiger partial charge on any atom is -0.435 e. The fourth-order valence-electron chi connectivity index (χ4n) is 1.37. The molecule has 1 rings (SSSR count). The van der Waals surface area contributed by atoms with E-state index in [-0.39, 0.29) is 24.2 Å². The molecular formula is C11H16ClF2NO. The van der Waals surface area contributed by atoms with Gasteiger partial charge in [-0.3, -0.25) is 0 Å². The average Bonchev–Trinajstić information content (AvgIpc) is 2.18. The summed E-state index contributed by atoms with van der Waals surface area (Å²) in [4.78, 5) is 0. The van der Waals surface area contributed by atoms with Gasteiger partial charge in [-0.05, 0) is 24.1 Å². The fraction of sp³-hybridized carbons (Fsp3) is 0.455. The first kappa shape index (κ1) is 15.1. The molecule has 1 aromatic rings. The van der Waals surface area contributed by atoms with Crippen LogP contribution in [0.25, 0.3) is 0 Å². The van der Waals surface area contributed by atoms with Crippen molar-refractivity contribution >= 4 is 12.4 Å². The second-order valence-electron chi connectivity index (χ2n) is 3.34. The van der Waals surface area contributed by atoms with Gasteiger partial charge in [0.15, 0.2) is 0 Å². The van der Waals surface area contributed by atoms with Crippen LogP contribution in [0.15, 0.2) is 24.3 Å². The summed E-state index contributed by atoms with van der Waals surface area (Å²) in [6.45, 7) is -0.728. The van der Waals surface area contributed by atoms with E-state index in [1.165, 1.54) is 12.1 Å². The number of benzene rings is 1. The van der Waals surface area contributed by atoms with E-state index >= 15 is 0 Å². The van der Waals surface area contributed by atoms with E-state index < -0.39 is 6.61 Å². The van der Waals surface area contributed by atoms with Crippen molar-refractivity contribution in [3.8, 4) is 5.75 Å². The molecule has 16 heavy (non-hydrogen) atoms. The summed E-state index contributed by atoms with van der Waals surface area (Å²) < 4.78 is 27.9. The van der Waals surface area contributed by atoms with Crippen molar-refractivity contribution in [3.63, 3.8) is 0 Å². The number of alkyl halides is 2. The number of hydrogen-bond donors (Lipinski definition) is 1. The highest BCUT2D eigenvalue weighted by Gasteiger charge is 2.06. The number of ether oxygens (including phenoxy) is 1. The zero-order chi connectivity index (χ0) is 11.3. The summed E-state index contributed by atoms with van der Waals surface area (Å²) in [5.41, 5.74) is 6.81. The molecule has 0 radical (unpaired) electrons. The van der Waals surface area contributed by atoms with E-state index in [2.05, 4.69) is 4.74 Å². The summed E-state index contributed by atoms with van der Waals surface area (Å²) in [7, 11) is 0. The molecule has 0 fully saturated rings. The van der Waals surface area contributed by atoms with Gasteiger partial charge < -0.3 is 10.5 Å². The van der Waals surface area contributed by atoms with Gasteiger partial charge in [0, 0.05) is 6.04 Å². The molecule has 0 saturated carbocycles. The van der Waals surface area contributed by atoms with E-state index in [9.17, 15) is 8.78 Å². The van der Waals surface area contributed by atoms with Gasteiger partial charge in [-0.15, -0.1) is 12.4 Å². The van der Waals surface area contributed by atoms with E-state index in [1.807, 2.05) is 6.92 Å². The van der Waals surface area contributed by atoms with Gasteiger partial charge in [-0.2, -0.15) is 8.78 Å². The summed E-state index contributed by atoms with van der Waals surface area (Å²) in [5, 5.41) is 0. The maximum atomic E-state index is 11.9. The minimum atomic E-state index is -2.78. The maximum Gasteiger partial charge on any atom is 0.387 e. The molecule has 0 heterocycles. The Labute approximate surface area is 100 Å². The Morgan fingerprint density at radius 1 is 1.25 bits per heavy atom. The highest BCUT2D eigenvalue weighted by Crippen LogP contribution is 2.20. The van der Waals surface area contributed by atoms with Crippen molar-refractivity contribution in [3.05, 3.63) is 29.8 Å². The van der Waals surface area contributed by atoms with Crippen LogP contribution in [0.2, 0.25) is 0 Å². The van der Waals surface area contributed by atoms with Crippen molar-refractivity contribution in [2.24, 2.45) is 5.73 Å². The second kappa shape index (κ2) is 7.41. The monoisotopic (exact) mass is 251 g/mol. The van der Waals surface area contributed by atoms with Crippen molar-refractivity contribution in [2.45, 2.75) is 32.4 Å². The molecule has 0 unspecified atom stereocenters. The SMILES string of the molecule is CCC[C@H](N)c1ccc(OC(F)F)cc1.Cl. The lowest BCUT2D eigenvalue weighted by Crippen LogP contribution is -2.09. The second-order valence-corrected chi connectivity index (χ2v) is 3.34. The van der Waals surface area contributed by atoms with Crippen LogP contribution < -0.4 is 10.5 Å². The molecular weight excluding hydrogens is 236 g/mol. The Kier molecular flexibility index (Phi) is 7.01. The number of hydrogen-bond acceptors (Lipinski definition) is 2. The smallest absolute Gasteiger partial charge is 0.387 e. The van der Waals surface area contributed by atoms with E-state index in [0.29, 0.717) is 0 Å². The van der Waals surface area contributed by atoms with Crippen LogP contribution in [0.4, 0.5) is 8.78 Å². The van der Waals surface area contributed by atoms with Gasteiger partial charge in [-0.25, -0.2) is 0 Å². The molecule has 0 aliphatic rings. The molecule has 0 aromatic heterocycles. The van der Waals surface area contributed by atoms with Crippen molar-refractivity contribution < 1.29 is 13.5 Å². The number of halogens is 3. The Hall–Kier alpha value is -0.870. The number of rotatable bonds is 5. The summed E-state index contributed by atoms with van der Waals surface area (Å²) in [6, 6.07) is 6.43. The molecule has 0 spiro atoms. The van der Waals surface area contributed by atoms with Crippen molar-refractivity contribution in [1.29, 1.82) is 0 Å². The van der Waals surface area contributed by atoms with Gasteiger partial charge in [0.2, 0.25) is 0 Å². The molecule has 0 aliphatic heterocycles. The topological polar surface area (TPSA) is 35.2 Å². The third-order valence-electron chi connectivity index (χ3n) is 2.13. The molecule has 1 atom stereocenters. The van der Waals surface area contributed by atoms with Crippen LogP contribution in [0.1, 0.15) is 31.4 Å². The minimum absolute atomic E-state index is 0. The molecule has 0 bridgehead atoms. The first-order valence-electron chi connectivity index (χ1n) is 4.93. The molecule has 2 nitrogen and oxygen atoms in total. The zero-order valence-electron chi connectivity index (χ0n) is 9.03. The highest BCUT2D eigenvalue weighted by molar-refractivity contribution is 5.85. The lowest BCUT2D eigenvalue weighted by atomic mass is 10.0. The Morgan fingerprint density at radius 3 is 2.25 bits per heavy atom. The normalized spacial score (nSPS) is 12.1. The summed E-state index contributed by atoms with van der Waals surface area (Å²) in [6.07, 6.45) is 1.88. The van der Waals surface area contributed by atoms with E-state index in [0.717, 1.165) is 18.4 Å². The van der Waals surface area contributed by atoms with Crippen molar-refractivity contribution in [2.75, 3.05) is 0 Å². The van der Waals surface area contributed by atoms with Gasteiger partial charge in [-0.1, -0.05) is 25.5 Å². The first-order chi connectivity index (χ1) is 7.13. The standard InChI is InChI=1S/C11H15F2NO.ClH/c1-2-3-10(14)8-4-6-9(7-5-8)15-11(12)13;/h4-7,10-11H,2-3,14H2,1H3;1H/t10-;/m0./s1. The van der Waals surface area contributed by atoms with Crippen LogP contribution in [0, 0.1) is 0 Å². The van der Waals surface area contributed by atoms with Crippen LogP contribution in [0.5, 0.6) is 5.75 Å². The van der Waals surface area contributed by atoms with Gasteiger partial charge >= 0.3 is 6.61 Å². The van der Waals surface area contributed by atoms with E-state index in [4.69, 9.17) is 5.73 Å². The Morgan fingerprint density at radius 2 is 1.81 bits per heavy atom. The first-order valence-corrected chi connectivity index (χ1v) is 4.93. The lowest BCUT2D eigenvalue weighted by Gasteiger charge is -2.11. The quantitative estimate of drug-likeness (QED) is 0.869. The van der Waals surface area contributed by atoms with Crippen LogP contribution in [-0.2, 0) is 0 Å². The van der Waals surface area contributed by atoms with Crippen LogP contribution in [-0.4, -0.2) is 6.61 Å².